The summed E-state index contributed by atoms with van der Waals surface area (Å²) >= 11 is 0. The maximum absolute atomic E-state index is 11.6. The molecule has 7 nitrogen and oxygen atoms in total. The van der Waals surface area contributed by atoms with Gasteiger partial charge in [0.05, 0.1) is 19.9 Å². The van der Waals surface area contributed by atoms with Gasteiger partial charge in [-0.15, -0.1) is 5.10 Å². The number of carboxylic acid groups (broad SMARTS) is 1. The van der Waals surface area contributed by atoms with Gasteiger partial charge in [-0.2, -0.15) is 0 Å². The van der Waals surface area contributed by atoms with E-state index < -0.39 is 5.97 Å². The van der Waals surface area contributed by atoms with Crippen molar-refractivity contribution in [1.82, 2.24) is 9.78 Å². The third-order valence-corrected chi connectivity index (χ3v) is 2.31. The Morgan fingerprint density at radius 3 is 2.94 bits per heavy atom. The van der Waals surface area contributed by atoms with Crippen LogP contribution < -0.4 is 10.3 Å². The van der Waals surface area contributed by atoms with Crippen molar-refractivity contribution in [3.8, 4) is 5.88 Å². The monoisotopic (exact) mass is 250 g/mol. The Labute approximate surface area is 101 Å². The molecule has 18 heavy (non-hydrogen) atoms. The molecule has 1 N–H and O–H groups in total. The largest absolute Gasteiger partial charge is 0.480 e. The van der Waals surface area contributed by atoms with Gasteiger partial charge in [0.1, 0.15) is 0 Å². The molecule has 0 bridgehead atoms. The topological polar surface area (TPSA) is 94.6 Å². The van der Waals surface area contributed by atoms with E-state index in [0.29, 0.717) is 5.56 Å². The second-order valence-electron chi connectivity index (χ2n) is 3.45. The van der Waals surface area contributed by atoms with Gasteiger partial charge in [0.25, 0.3) is 5.56 Å². The van der Waals surface area contributed by atoms with E-state index >= 15 is 0 Å². The Morgan fingerprint density at radius 1 is 1.50 bits per heavy atom. The SMILES string of the molecule is COc1ccc(=O)n(Cc2ccoc2C(=O)O)n1. The van der Waals surface area contributed by atoms with Crippen LogP contribution in [0.2, 0.25) is 0 Å². The molecule has 0 aromatic carbocycles. The van der Waals surface area contributed by atoms with Crippen LogP contribution in [0.3, 0.4) is 0 Å². The third-order valence-electron chi connectivity index (χ3n) is 2.31. The number of carboxylic acids is 1. The Balaban J connectivity index is 2.36. The lowest BCUT2D eigenvalue weighted by molar-refractivity contribution is 0.0660. The Morgan fingerprint density at radius 2 is 2.28 bits per heavy atom. The molecule has 0 aliphatic heterocycles. The van der Waals surface area contributed by atoms with Crippen molar-refractivity contribution in [2.24, 2.45) is 0 Å². The van der Waals surface area contributed by atoms with Crippen LogP contribution in [0.1, 0.15) is 16.1 Å². The number of methoxy groups -OCH3 is 1. The van der Waals surface area contributed by atoms with Crippen LogP contribution in [-0.4, -0.2) is 28.0 Å². The smallest absolute Gasteiger partial charge is 0.372 e. The van der Waals surface area contributed by atoms with Crippen molar-refractivity contribution < 1.29 is 19.1 Å². The van der Waals surface area contributed by atoms with Crippen LogP contribution in [0.15, 0.2) is 33.7 Å². The van der Waals surface area contributed by atoms with E-state index in [0.717, 1.165) is 4.68 Å². The highest BCUT2D eigenvalue weighted by molar-refractivity contribution is 5.86. The summed E-state index contributed by atoms with van der Waals surface area (Å²) in [7, 11) is 1.43. The van der Waals surface area contributed by atoms with Gasteiger partial charge in [-0.1, -0.05) is 0 Å². The van der Waals surface area contributed by atoms with Crippen molar-refractivity contribution in [3.05, 3.63) is 46.1 Å². The maximum atomic E-state index is 11.6. The van der Waals surface area contributed by atoms with Gasteiger partial charge in [0.2, 0.25) is 11.6 Å². The second kappa shape index (κ2) is 4.74. The fourth-order valence-corrected chi connectivity index (χ4v) is 1.46. The molecular formula is C11H10N2O5. The van der Waals surface area contributed by atoms with Crippen molar-refractivity contribution in [1.29, 1.82) is 0 Å². The summed E-state index contributed by atoms with van der Waals surface area (Å²) in [6, 6.07) is 4.22. The van der Waals surface area contributed by atoms with Crippen LogP contribution in [0.5, 0.6) is 5.88 Å². The number of rotatable bonds is 4. The van der Waals surface area contributed by atoms with E-state index in [1.54, 1.807) is 0 Å². The standard InChI is InChI=1S/C11H10N2O5/c1-17-8-2-3-9(14)13(12-8)6-7-4-5-18-10(7)11(15)16/h2-5H,6H2,1H3,(H,15,16). The van der Waals surface area contributed by atoms with Crippen LogP contribution in [0.25, 0.3) is 0 Å². The molecule has 0 saturated carbocycles. The summed E-state index contributed by atoms with van der Waals surface area (Å²) in [5.41, 5.74) is 0.0127. The molecule has 2 aromatic rings. The average Bonchev–Trinajstić information content (AvgIpc) is 2.80. The molecule has 0 amide bonds. The van der Waals surface area contributed by atoms with Crippen LogP contribution in [0.4, 0.5) is 0 Å². The molecule has 94 valence electrons. The van der Waals surface area contributed by atoms with Gasteiger partial charge in [-0.25, -0.2) is 9.48 Å². The zero-order valence-electron chi connectivity index (χ0n) is 9.49. The zero-order chi connectivity index (χ0) is 13.1. The third kappa shape index (κ3) is 2.24. The van der Waals surface area contributed by atoms with Crippen LogP contribution >= 0.6 is 0 Å². The average molecular weight is 250 g/mol. The highest BCUT2D eigenvalue weighted by Gasteiger charge is 2.15. The minimum absolute atomic E-state index is 0.00810. The molecule has 0 aliphatic carbocycles. The van der Waals surface area contributed by atoms with Crippen molar-refractivity contribution in [2.75, 3.05) is 7.11 Å². The second-order valence-corrected chi connectivity index (χ2v) is 3.45. The summed E-state index contributed by atoms with van der Waals surface area (Å²) in [6.07, 6.45) is 1.25. The first kappa shape index (κ1) is 11.9. The molecule has 0 saturated heterocycles. The molecular weight excluding hydrogens is 240 g/mol. The lowest BCUT2D eigenvalue weighted by atomic mass is 10.2. The van der Waals surface area contributed by atoms with Gasteiger partial charge in [-0.3, -0.25) is 4.79 Å². The number of furan rings is 1. The zero-order valence-corrected chi connectivity index (χ0v) is 9.49. The van der Waals surface area contributed by atoms with Gasteiger partial charge in [0.15, 0.2) is 0 Å². The Kier molecular flexibility index (Phi) is 3.13. The van der Waals surface area contributed by atoms with Crippen molar-refractivity contribution in [3.63, 3.8) is 0 Å². The molecule has 2 heterocycles. The maximum Gasteiger partial charge on any atom is 0.372 e. The van der Waals surface area contributed by atoms with Crippen molar-refractivity contribution in [2.45, 2.75) is 6.54 Å². The first-order valence-electron chi connectivity index (χ1n) is 5.03. The molecule has 0 aliphatic rings. The summed E-state index contributed by atoms with van der Waals surface area (Å²) < 4.78 is 10.8. The molecule has 0 unspecified atom stereocenters. The number of carbonyl (C=O) groups is 1. The van der Waals surface area contributed by atoms with E-state index in [4.69, 9.17) is 14.3 Å². The molecule has 0 atom stereocenters. The summed E-state index contributed by atoms with van der Waals surface area (Å²) in [6.45, 7) is 0.00810. The lowest BCUT2D eigenvalue weighted by Gasteiger charge is -2.05. The number of aromatic nitrogens is 2. The van der Waals surface area contributed by atoms with Crippen molar-refractivity contribution >= 4 is 5.97 Å². The molecule has 2 aromatic heterocycles. The predicted molar refractivity (Wildman–Crippen MR) is 59.8 cm³/mol. The normalized spacial score (nSPS) is 10.3. The van der Waals surface area contributed by atoms with E-state index in [2.05, 4.69) is 5.10 Å². The lowest BCUT2D eigenvalue weighted by Crippen LogP contribution is -2.23. The summed E-state index contributed by atoms with van der Waals surface area (Å²) in [5, 5.41) is 12.8. The first-order valence-corrected chi connectivity index (χ1v) is 5.03. The van der Waals surface area contributed by atoms with Gasteiger partial charge >= 0.3 is 5.97 Å². The van der Waals surface area contributed by atoms with Gasteiger partial charge in [0, 0.05) is 17.7 Å². The minimum Gasteiger partial charge on any atom is -0.480 e. The molecule has 0 radical (unpaired) electrons. The van der Waals surface area contributed by atoms with Crippen LogP contribution in [0, 0.1) is 0 Å². The Hall–Kier alpha value is -2.57. The quantitative estimate of drug-likeness (QED) is 0.853. The van der Waals surface area contributed by atoms with Gasteiger partial charge < -0.3 is 14.3 Å². The summed E-state index contributed by atoms with van der Waals surface area (Å²) in [5.74, 6) is -1.12. The highest BCUT2D eigenvalue weighted by Crippen LogP contribution is 2.11. The first-order chi connectivity index (χ1) is 8.61. The predicted octanol–water partition coefficient (Wildman–Crippen LogP) is 0.591. The number of hydrogen-bond acceptors (Lipinski definition) is 5. The van der Waals surface area contributed by atoms with E-state index in [1.807, 2.05) is 0 Å². The Bertz CT molecular complexity index is 628. The molecule has 0 fully saturated rings. The summed E-state index contributed by atoms with van der Waals surface area (Å²) in [4.78, 5) is 22.4. The molecule has 2 rings (SSSR count). The molecule has 0 spiro atoms. The fraction of sp³-hybridized carbons (Fsp3) is 0.182. The van der Waals surface area contributed by atoms with E-state index in [1.165, 1.54) is 31.6 Å². The number of ether oxygens (including phenoxy) is 1. The van der Waals surface area contributed by atoms with Gasteiger partial charge in [-0.05, 0) is 6.07 Å². The van der Waals surface area contributed by atoms with Crippen LogP contribution in [-0.2, 0) is 6.54 Å². The number of aromatic carboxylic acids is 1. The number of hydrogen-bond donors (Lipinski definition) is 1. The fourth-order valence-electron chi connectivity index (χ4n) is 1.46. The number of nitrogens with zero attached hydrogens (tertiary/aromatic N) is 2. The molecule has 7 heteroatoms. The highest BCUT2D eigenvalue weighted by atomic mass is 16.5. The van der Waals surface area contributed by atoms with E-state index in [-0.39, 0.29) is 23.7 Å². The van der Waals surface area contributed by atoms with E-state index in [9.17, 15) is 9.59 Å². The minimum atomic E-state index is -1.19.